The van der Waals surface area contributed by atoms with Crippen LogP contribution in [0.25, 0.3) is 0 Å². The predicted molar refractivity (Wildman–Crippen MR) is 426 cm³/mol. The Hall–Kier alpha value is -4.22. The van der Waals surface area contributed by atoms with E-state index in [2.05, 4.69) is 160 Å². The monoisotopic (exact) mass is 1330 g/mol. The van der Waals surface area contributed by atoms with E-state index >= 15 is 0 Å². The van der Waals surface area contributed by atoms with Gasteiger partial charge in [0.15, 0.2) is 6.10 Å². The molecule has 0 heterocycles. The maximum Gasteiger partial charge on any atom is 0.306 e. The molecule has 0 rings (SSSR count). The molecule has 5 heteroatoms. The van der Waals surface area contributed by atoms with Crippen molar-refractivity contribution in [3.63, 3.8) is 0 Å². The molecular formula is C91H156O5. The van der Waals surface area contributed by atoms with Crippen molar-refractivity contribution in [1.82, 2.24) is 0 Å². The Kier molecular flexibility index (Phi) is 81.3. The van der Waals surface area contributed by atoms with Gasteiger partial charge in [0, 0.05) is 12.8 Å². The van der Waals surface area contributed by atoms with E-state index < -0.39 is 6.10 Å². The first-order valence-corrected chi connectivity index (χ1v) is 41.4. The average molecular weight is 1330 g/mol. The second-order valence-electron chi connectivity index (χ2n) is 27.5. The second-order valence-corrected chi connectivity index (χ2v) is 27.5. The number of allylic oxidation sites excluding steroid dienone is 24. The predicted octanol–water partition coefficient (Wildman–Crippen LogP) is 29.6. The highest BCUT2D eigenvalue weighted by molar-refractivity contribution is 5.70. The summed E-state index contributed by atoms with van der Waals surface area (Å²) < 4.78 is 10.8. The van der Waals surface area contributed by atoms with Gasteiger partial charge in [-0.3, -0.25) is 9.59 Å². The summed E-state index contributed by atoms with van der Waals surface area (Å²) in [7, 11) is 0. The zero-order valence-corrected chi connectivity index (χ0v) is 63.4. The van der Waals surface area contributed by atoms with Crippen LogP contribution in [0.1, 0.15) is 399 Å². The number of hydrogen-bond donors (Lipinski definition) is 1. The van der Waals surface area contributed by atoms with E-state index in [4.69, 9.17) is 9.47 Å². The summed E-state index contributed by atoms with van der Waals surface area (Å²) in [6.45, 7) is 4.05. The van der Waals surface area contributed by atoms with Crippen LogP contribution in [0, 0.1) is 0 Å². The first kappa shape index (κ1) is 91.8. The number of aliphatic hydroxyl groups excluding tert-OH is 1. The van der Waals surface area contributed by atoms with Crippen LogP contribution in [0.5, 0.6) is 0 Å². The maximum absolute atomic E-state index is 12.4. The van der Waals surface area contributed by atoms with Crippen LogP contribution in [0.3, 0.4) is 0 Å². The van der Waals surface area contributed by atoms with E-state index in [9.17, 15) is 14.7 Å². The van der Waals surface area contributed by atoms with E-state index in [1.807, 2.05) is 0 Å². The highest BCUT2D eigenvalue weighted by Gasteiger charge is 2.16. The number of esters is 2. The molecule has 0 aliphatic carbocycles. The van der Waals surface area contributed by atoms with Crippen LogP contribution in [0.4, 0.5) is 0 Å². The van der Waals surface area contributed by atoms with Crippen molar-refractivity contribution in [1.29, 1.82) is 0 Å². The molecule has 0 aliphatic rings. The molecule has 0 aromatic heterocycles. The molecule has 1 unspecified atom stereocenters. The van der Waals surface area contributed by atoms with Crippen LogP contribution >= 0.6 is 0 Å². The van der Waals surface area contributed by atoms with Gasteiger partial charge in [0.2, 0.25) is 0 Å². The van der Waals surface area contributed by atoms with Crippen molar-refractivity contribution in [3.8, 4) is 0 Å². The largest absolute Gasteiger partial charge is 0.462 e. The maximum atomic E-state index is 12.4. The van der Waals surface area contributed by atoms with Gasteiger partial charge in [0.05, 0.1) is 6.61 Å². The number of carbonyl (C=O) groups excluding carboxylic acids is 2. The van der Waals surface area contributed by atoms with E-state index in [0.717, 1.165) is 116 Å². The summed E-state index contributed by atoms with van der Waals surface area (Å²) in [5.74, 6) is -0.595. The molecule has 1 N–H and O–H groups in total. The smallest absolute Gasteiger partial charge is 0.306 e. The Balaban J connectivity index is 3.49. The van der Waals surface area contributed by atoms with Gasteiger partial charge in [0.1, 0.15) is 6.61 Å². The third-order valence-corrected chi connectivity index (χ3v) is 18.1. The fourth-order valence-corrected chi connectivity index (χ4v) is 12.0. The van der Waals surface area contributed by atoms with Crippen molar-refractivity contribution in [2.75, 3.05) is 13.2 Å². The second kappa shape index (κ2) is 85.0. The fourth-order valence-electron chi connectivity index (χ4n) is 12.0. The fraction of sp³-hybridized carbons (Fsp3) is 0.714. The van der Waals surface area contributed by atoms with Crippen molar-refractivity contribution in [2.45, 2.75) is 405 Å². The van der Waals surface area contributed by atoms with E-state index in [1.165, 1.54) is 257 Å². The van der Waals surface area contributed by atoms with Gasteiger partial charge in [-0.1, -0.05) is 410 Å². The Morgan fingerprint density at radius 1 is 0.250 bits per heavy atom. The summed E-state index contributed by atoms with van der Waals surface area (Å²) in [5, 5.41) is 9.73. The average Bonchev–Trinajstić information content (AvgIpc) is 3.79. The molecule has 0 radical (unpaired) electrons. The van der Waals surface area contributed by atoms with Crippen LogP contribution < -0.4 is 0 Å². The lowest BCUT2D eigenvalue weighted by Crippen LogP contribution is -2.28. The number of hydrogen-bond acceptors (Lipinski definition) is 5. The minimum Gasteiger partial charge on any atom is -0.462 e. The van der Waals surface area contributed by atoms with Crippen molar-refractivity contribution in [3.05, 3.63) is 146 Å². The van der Waals surface area contributed by atoms with E-state index in [1.54, 1.807) is 0 Å². The third-order valence-electron chi connectivity index (χ3n) is 18.1. The molecule has 0 amide bonds. The van der Waals surface area contributed by atoms with Crippen molar-refractivity contribution >= 4 is 11.9 Å². The molecule has 1 atom stereocenters. The molecule has 5 nitrogen and oxygen atoms in total. The SMILES string of the molecule is CC/C=C\C/C=C\C/C=C\C/C=C\C/C=C\C/C=C\C/C=C\C/C=C\C/C=C\C/C=C\C/C=C\CCCCCCCCCC(=O)OC(CO)COC(=O)CCCCCCCCCCCCCCCCCCCCCCCCCCCCCCC/C=C\CCCCCCCCCC. The topological polar surface area (TPSA) is 72.8 Å². The molecular weight excluding hydrogens is 1170 g/mol. The van der Waals surface area contributed by atoms with E-state index in [-0.39, 0.29) is 25.2 Å². The van der Waals surface area contributed by atoms with Crippen molar-refractivity contribution in [2.24, 2.45) is 0 Å². The van der Waals surface area contributed by atoms with Crippen LogP contribution in [0.2, 0.25) is 0 Å². The van der Waals surface area contributed by atoms with Gasteiger partial charge in [-0.2, -0.15) is 0 Å². The zero-order chi connectivity index (χ0) is 69.0. The molecule has 0 aliphatic heterocycles. The first-order chi connectivity index (χ1) is 47.6. The molecule has 96 heavy (non-hydrogen) atoms. The summed E-state index contributed by atoms with van der Waals surface area (Å²) in [5.41, 5.74) is 0. The molecule has 0 saturated carbocycles. The highest BCUT2D eigenvalue weighted by atomic mass is 16.6. The highest BCUT2D eigenvalue weighted by Crippen LogP contribution is 2.19. The number of unbranched alkanes of at least 4 members (excludes halogenated alkanes) is 44. The lowest BCUT2D eigenvalue weighted by molar-refractivity contribution is -0.161. The summed E-state index contributed by atoms with van der Waals surface area (Å²) in [6.07, 6.45) is 128. The summed E-state index contributed by atoms with van der Waals surface area (Å²) in [4.78, 5) is 24.7. The quantitative estimate of drug-likeness (QED) is 0.0373. The summed E-state index contributed by atoms with van der Waals surface area (Å²) >= 11 is 0. The molecule has 0 spiro atoms. The van der Waals surface area contributed by atoms with Crippen LogP contribution in [0.15, 0.2) is 146 Å². The Morgan fingerprint density at radius 3 is 0.688 bits per heavy atom. The minimum atomic E-state index is -0.788. The lowest BCUT2D eigenvalue weighted by Gasteiger charge is -2.15. The molecule has 0 bridgehead atoms. The molecule has 0 aromatic carbocycles. The number of ether oxygens (including phenoxy) is 2. The summed E-state index contributed by atoms with van der Waals surface area (Å²) in [6, 6.07) is 0. The minimum absolute atomic E-state index is 0.0741. The van der Waals surface area contributed by atoms with Gasteiger partial charge in [-0.25, -0.2) is 0 Å². The molecule has 0 saturated heterocycles. The molecule has 550 valence electrons. The normalized spacial score (nSPS) is 13.0. The Labute approximate surface area is 597 Å². The van der Waals surface area contributed by atoms with Gasteiger partial charge in [-0.05, 0) is 122 Å². The standard InChI is InChI=1S/C91H156O5/c1-3-5-7-9-11-13-15-17-19-21-23-25-27-29-31-33-35-37-39-41-43-45-47-49-51-53-55-57-59-61-63-65-67-69-71-73-75-77-79-81-83-85-90(93)95-88-89(87-92)96-91(94)86-84-82-80-78-76-74-72-70-68-66-64-62-60-58-56-54-52-50-48-46-44-42-40-38-36-34-32-30-28-26-24-22-20-18-16-14-12-10-8-6-4-2/h6,8,12,14,18,20-21,23-24,26,30,32,36,38,42,44,48,50,54,56,60,62,66,68,89,92H,3-5,7,9-11,13,15-17,19,22,25,27-29,31,33-35,37,39-41,43,45-47,49,51-53,55,57-59,61,63-65,67,69-88H2,1-2H3/b8-6-,14-12-,20-18-,23-21-,26-24-,32-30-,38-36-,44-42-,50-48-,56-54-,62-60-,68-66-. The Morgan fingerprint density at radius 2 is 0.448 bits per heavy atom. The number of carbonyl (C=O) groups is 2. The number of rotatable bonds is 76. The van der Waals surface area contributed by atoms with Gasteiger partial charge >= 0.3 is 11.9 Å². The molecule has 0 aromatic rings. The van der Waals surface area contributed by atoms with Gasteiger partial charge in [0.25, 0.3) is 0 Å². The third kappa shape index (κ3) is 82.2. The van der Waals surface area contributed by atoms with Gasteiger partial charge < -0.3 is 14.6 Å². The van der Waals surface area contributed by atoms with Gasteiger partial charge in [-0.15, -0.1) is 0 Å². The van der Waals surface area contributed by atoms with Crippen LogP contribution in [-0.4, -0.2) is 36.4 Å². The Bertz CT molecular complexity index is 1950. The van der Waals surface area contributed by atoms with Crippen molar-refractivity contribution < 1.29 is 24.2 Å². The first-order valence-electron chi connectivity index (χ1n) is 41.4. The zero-order valence-electron chi connectivity index (χ0n) is 63.4. The number of aliphatic hydroxyl groups is 1. The van der Waals surface area contributed by atoms with Crippen LogP contribution in [-0.2, 0) is 19.1 Å². The van der Waals surface area contributed by atoms with E-state index in [0.29, 0.717) is 12.8 Å². The molecule has 0 fully saturated rings. The lowest BCUT2D eigenvalue weighted by atomic mass is 10.0.